The Labute approximate surface area is 157 Å². The predicted octanol–water partition coefficient (Wildman–Crippen LogP) is 1.94. The van der Waals surface area contributed by atoms with Crippen molar-refractivity contribution >= 4 is 28.0 Å². The minimum Gasteiger partial charge on any atom is -0.473 e. The monoisotopic (exact) mass is 433 g/mol. The molecule has 2 aromatic rings. The summed E-state index contributed by atoms with van der Waals surface area (Å²) >= 11 is 3.23. The smallest absolute Gasteiger partial charge is 0.387 e. The summed E-state index contributed by atoms with van der Waals surface area (Å²) < 4.78 is 35.7. The third kappa shape index (κ3) is 7.17. The van der Waals surface area contributed by atoms with Crippen LogP contribution in [0.25, 0.3) is 0 Å². The summed E-state index contributed by atoms with van der Waals surface area (Å²) in [6.07, 6.45) is 0.403. The van der Waals surface area contributed by atoms with Crippen molar-refractivity contribution in [3.05, 3.63) is 46.6 Å². The number of hydrogen-bond donors (Lipinski definition) is 3. The zero-order chi connectivity index (χ0) is 19.5. The van der Waals surface area contributed by atoms with E-state index in [1.54, 1.807) is 42.8 Å². The molecule has 8 nitrogen and oxygen atoms in total. The van der Waals surface area contributed by atoms with Crippen LogP contribution in [0.15, 0.2) is 41.0 Å². The van der Waals surface area contributed by atoms with Crippen molar-refractivity contribution in [2.45, 2.75) is 13.2 Å². The number of hydrazine groups is 2. The summed E-state index contributed by atoms with van der Waals surface area (Å²) in [5.74, 6) is 10.5. The van der Waals surface area contributed by atoms with Crippen LogP contribution in [-0.4, -0.2) is 25.1 Å². The molecule has 2 rings (SSSR count). The molecule has 0 bridgehead atoms. The second-order valence-electron chi connectivity index (χ2n) is 4.61. The molecule has 142 valence electrons. The summed E-state index contributed by atoms with van der Waals surface area (Å²) in [4.78, 5) is 13.1. The lowest BCUT2D eigenvalue weighted by Crippen LogP contribution is -2.27. The molecular weight excluding hydrogens is 416 g/mol. The number of pyridine rings is 1. The number of hydrogen-bond acceptors (Lipinski definition) is 7. The molecule has 1 aromatic carbocycles. The number of alkyl halides is 2. The number of rotatable bonds is 7. The Bertz CT molecular complexity index is 707. The maximum Gasteiger partial charge on any atom is 0.387 e. The van der Waals surface area contributed by atoms with Crippen molar-refractivity contribution < 1.29 is 23.0 Å². The van der Waals surface area contributed by atoms with E-state index < -0.39 is 6.61 Å². The highest BCUT2D eigenvalue weighted by atomic mass is 79.9. The first-order chi connectivity index (χ1) is 12.4. The second-order valence-corrected chi connectivity index (χ2v) is 5.43. The summed E-state index contributed by atoms with van der Waals surface area (Å²) in [6.45, 7) is -2.94. The quantitative estimate of drug-likeness (QED) is 0.201. The van der Waals surface area contributed by atoms with Gasteiger partial charge in [-0.3, -0.25) is 10.2 Å². The molecule has 0 aliphatic heterocycles. The Morgan fingerprint density at radius 1 is 1.35 bits per heavy atom. The number of nitrogens with zero attached hydrogens (tertiary/aromatic N) is 2. The molecule has 0 saturated carbocycles. The zero-order valence-electron chi connectivity index (χ0n) is 13.7. The van der Waals surface area contributed by atoms with E-state index in [4.69, 9.17) is 15.4 Å². The summed E-state index contributed by atoms with van der Waals surface area (Å²) in [5.41, 5.74) is 2.68. The van der Waals surface area contributed by atoms with Gasteiger partial charge in [0.15, 0.2) is 0 Å². The van der Waals surface area contributed by atoms with Crippen LogP contribution in [0.3, 0.4) is 0 Å². The lowest BCUT2D eigenvalue weighted by molar-refractivity contribution is -0.109. The number of ether oxygens (including phenoxy) is 2. The molecular formula is C15H18BrF2N5O3. The highest BCUT2D eigenvalue weighted by molar-refractivity contribution is 9.10. The van der Waals surface area contributed by atoms with Crippen molar-refractivity contribution in [1.82, 2.24) is 10.4 Å². The number of amides is 1. The van der Waals surface area contributed by atoms with E-state index in [2.05, 4.69) is 31.5 Å². The molecule has 11 heteroatoms. The Morgan fingerprint density at radius 2 is 2.00 bits per heavy atom. The maximum absolute atomic E-state index is 12.5. The van der Waals surface area contributed by atoms with Crippen LogP contribution in [0.1, 0.15) is 5.56 Å². The Hall–Kier alpha value is -2.50. The summed E-state index contributed by atoms with van der Waals surface area (Å²) in [5, 5.41) is 1.31. The van der Waals surface area contributed by atoms with Gasteiger partial charge in [0.1, 0.15) is 17.0 Å². The number of aromatic nitrogens is 1. The van der Waals surface area contributed by atoms with Crippen LogP contribution >= 0.6 is 15.9 Å². The van der Waals surface area contributed by atoms with Crippen LogP contribution < -0.4 is 31.6 Å². The fourth-order valence-electron chi connectivity index (χ4n) is 1.85. The van der Waals surface area contributed by atoms with Crippen molar-refractivity contribution in [2.75, 3.05) is 12.1 Å². The minimum atomic E-state index is -2.93. The predicted molar refractivity (Wildman–Crippen MR) is 95.3 cm³/mol. The molecule has 0 unspecified atom stereocenters. The average Bonchev–Trinajstić information content (AvgIpc) is 2.60. The van der Waals surface area contributed by atoms with Gasteiger partial charge in [0.05, 0.1) is 11.3 Å². The van der Waals surface area contributed by atoms with Gasteiger partial charge in [-0.05, 0) is 34.1 Å². The van der Waals surface area contributed by atoms with Crippen LogP contribution in [0.2, 0.25) is 0 Å². The third-order valence-corrected chi connectivity index (χ3v) is 3.27. The third-order valence-electron chi connectivity index (χ3n) is 2.83. The summed E-state index contributed by atoms with van der Waals surface area (Å²) in [7, 11) is 1.60. The minimum absolute atomic E-state index is 0.0107. The molecule has 0 saturated heterocycles. The molecule has 0 radical (unpaired) electrons. The molecule has 0 aliphatic rings. The highest BCUT2D eigenvalue weighted by Crippen LogP contribution is 2.30. The number of carbonyl (C=O) groups excluding carboxylic acids is 1. The molecule has 1 amide bonds. The molecule has 1 aromatic heterocycles. The molecule has 0 aliphatic carbocycles. The molecule has 26 heavy (non-hydrogen) atoms. The first kappa shape index (κ1) is 21.5. The van der Waals surface area contributed by atoms with Gasteiger partial charge in [-0.2, -0.15) is 8.78 Å². The first-order valence-electron chi connectivity index (χ1n) is 7.09. The van der Waals surface area contributed by atoms with Crippen LogP contribution in [0.5, 0.6) is 11.6 Å². The average molecular weight is 434 g/mol. The van der Waals surface area contributed by atoms with Gasteiger partial charge in [-0.1, -0.05) is 12.1 Å². The van der Waals surface area contributed by atoms with E-state index in [1.807, 2.05) is 0 Å². The lowest BCUT2D eigenvalue weighted by Gasteiger charge is -2.20. The van der Waals surface area contributed by atoms with Gasteiger partial charge in [0.25, 0.3) is 0 Å². The van der Waals surface area contributed by atoms with Gasteiger partial charge in [0.2, 0.25) is 12.3 Å². The maximum atomic E-state index is 12.5. The number of benzene rings is 1. The van der Waals surface area contributed by atoms with Crippen LogP contribution in [0, 0.1) is 0 Å². The fraction of sp³-hybridized carbons (Fsp3) is 0.200. The van der Waals surface area contributed by atoms with E-state index >= 15 is 0 Å². The largest absolute Gasteiger partial charge is 0.473 e. The standard InChI is InChI=1S/C14H14BrF2N3O2.CH4N2O/c1-20(18)10-4-2-5-11(22-14(16)17)9(10)8-21-13-7-3-6-12(15)19-13;2-3-1-4/h2-7,14H,8,18H2,1H3;1H,2H2,(H,3,4). The number of nitrogens with one attached hydrogen (secondary N) is 1. The fourth-order valence-corrected chi connectivity index (χ4v) is 2.18. The molecule has 1 heterocycles. The molecule has 0 atom stereocenters. The number of nitrogens with two attached hydrogens (primary N) is 2. The molecule has 0 fully saturated rings. The molecule has 5 N–H and O–H groups in total. The Balaban J connectivity index is 0.000000765. The zero-order valence-corrected chi connectivity index (χ0v) is 15.3. The second kappa shape index (κ2) is 11.2. The number of anilines is 1. The van der Waals surface area contributed by atoms with Crippen molar-refractivity contribution in [3.8, 4) is 11.6 Å². The van der Waals surface area contributed by atoms with Crippen LogP contribution in [-0.2, 0) is 11.4 Å². The normalized spacial score (nSPS) is 9.81. The van der Waals surface area contributed by atoms with Crippen molar-refractivity contribution in [2.24, 2.45) is 11.7 Å². The van der Waals surface area contributed by atoms with Gasteiger partial charge in [0, 0.05) is 13.1 Å². The van der Waals surface area contributed by atoms with E-state index in [1.165, 1.54) is 11.1 Å². The van der Waals surface area contributed by atoms with E-state index in [0.717, 1.165) is 0 Å². The Kier molecular flexibility index (Phi) is 9.26. The van der Waals surface area contributed by atoms with Gasteiger partial charge < -0.3 is 14.5 Å². The van der Waals surface area contributed by atoms with E-state index in [9.17, 15) is 8.78 Å². The topological polar surface area (TPSA) is 116 Å². The van der Waals surface area contributed by atoms with Gasteiger partial charge >= 0.3 is 6.61 Å². The van der Waals surface area contributed by atoms with Crippen molar-refractivity contribution in [1.29, 1.82) is 0 Å². The van der Waals surface area contributed by atoms with Crippen LogP contribution in [0.4, 0.5) is 14.5 Å². The number of halogens is 3. The van der Waals surface area contributed by atoms with E-state index in [0.29, 0.717) is 28.1 Å². The SMILES string of the molecule is CN(N)c1cccc(OC(F)F)c1COc1cccc(Br)n1.NNC=O. The van der Waals surface area contributed by atoms with Crippen molar-refractivity contribution in [3.63, 3.8) is 0 Å². The summed E-state index contributed by atoms with van der Waals surface area (Å²) in [6, 6.07) is 9.87. The first-order valence-corrected chi connectivity index (χ1v) is 7.88. The van der Waals surface area contributed by atoms with Gasteiger partial charge in [-0.25, -0.2) is 16.7 Å². The highest BCUT2D eigenvalue weighted by Gasteiger charge is 2.16. The number of carbonyl (C=O) groups is 1. The Morgan fingerprint density at radius 3 is 2.54 bits per heavy atom. The van der Waals surface area contributed by atoms with Gasteiger partial charge in [-0.15, -0.1) is 0 Å². The van der Waals surface area contributed by atoms with E-state index in [-0.39, 0.29) is 12.4 Å². The molecule has 0 spiro atoms. The lowest BCUT2D eigenvalue weighted by atomic mass is 10.1.